The molecule has 0 aromatic heterocycles. The third kappa shape index (κ3) is 3.85. The van der Waals surface area contributed by atoms with Gasteiger partial charge in [-0.3, -0.25) is 10.2 Å². The smallest absolute Gasteiger partial charge is 0.301 e. The van der Waals surface area contributed by atoms with Gasteiger partial charge in [-0.25, -0.2) is 0 Å². The van der Waals surface area contributed by atoms with Crippen LogP contribution in [0.4, 0.5) is 17.1 Å². The highest BCUT2D eigenvalue weighted by molar-refractivity contribution is 6.71. The van der Waals surface area contributed by atoms with Gasteiger partial charge in [0.25, 0.3) is 0 Å². The average Bonchev–Trinajstić information content (AvgIpc) is 3.03. The number of amides is 1. The van der Waals surface area contributed by atoms with E-state index in [1.54, 1.807) is 37.3 Å². The average molecular weight is 413 g/mol. The van der Waals surface area contributed by atoms with E-state index in [1.807, 2.05) is 44.2 Å². The quantitative estimate of drug-likeness (QED) is 0.334. The van der Waals surface area contributed by atoms with Crippen LogP contribution in [-0.4, -0.2) is 22.4 Å². The Balaban J connectivity index is 1.60. The van der Waals surface area contributed by atoms with Gasteiger partial charge in [-0.2, -0.15) is 15.2 Å². The molecule has 4 rings (SSSR count). The SMILES string of the molecule is CC1=NN(c2ccc(C)c(C)c2)C(=O)C1=NNc1cccc(-c2cccc(N)c2)c1O. The van der Waals surface area contributed by atoms with Crippen LogP contribution >= 0.6 is 0 Å². The van der Waals surface area contributed by atoms with Gasteiger partial charge in [-0.1, -0.05) is 30.3 Å². The van der Waals surface area contributed by atoms with Crippen molar-refractivity contribution >= 4 is 34.4 Å². The number of para-hydroxylation sites is 1. The zero-order valence-corrected chi connectivity index (χ0v) is 17.5. The van der Waals surface area contributed by atoms with Crippen molar-refractivity contribution in [2.75, 3.05) is 16.2 Å². The molecule has 1 heterocycles. The Morgan fingerprint density at radius 2 is 1.77 bits per heavy atom. The number of rotatable bonds is 4. The standard InChI is InChI=1S/C24H23N5O2/c1-14-10-11-19(12-15(14)2)29-24(31)22(16(3)28-29)27-26-21-9-5-8-20(23(21)30)17-6-4-7-18(25)13-17/h4-13,26,30H,25H2,1-3H3. The third-order valence-corrected chi connectivity index (χ3v) is 5.24. The first-order valence-corrected chi connectivity index (χ1v) is 9.84. The lowest BCUT2D eigenvalue weighted by Gasteiger charge is -2.13. The molecule has 0 aliphatic carbocycles. The highest BCUT2D eigenvalue weighted by atomic mass is 16.3. The molecule has 0 atom stereocenters. The molecule has 0 unspecified atom stereocenters. The Bertz CT molecular complexity index is 1250. The lowest BCUT2D eigenvalue weighted by molar-refractivity contribution is -0.112. The topological polar surface area (TPSA) is 103 Å². The van der Waals surface area contributed by atoms with Crippen molar-refractivity contribution in [2.24, 2.45) is 10.2 Å². The van der Waals surface area contributed by atoms with Gasteiger partial charge in [0.15, 0.2) is 5.71 Å². The van der Waals surface area contributed by atoms with Gasteiger partial charge < -0.3 is 10.8 Å². The van der Waals surface area contributed by atoms with Crippen LogP contribution in [-0.2, 0) is 4.79 Å². The summed E-state index contributed by atoms with van der Waals surface area (Å²) in [5.74, 6) is -0.316. The second kappa shape index (κ2) is 7.95. The Morgan fingerprint density at radius 1 is 1.00 bits per heavy atom. The summed E-state index contributed by atoms with van der Waals surface area (Å²) < 4.78 is 0. The summed E-state index contributed by atoms with van der Waals surface area (Å²) in [4.78, 5) is 12.9. The number of carbonyl (C=O) groups is 1. The number of nitrogen functional groups attached to an aromatic ring is 1. The van der Waals surface area contributed by atoms with Crippen LogP contribution in [0.25, 0.3) is 11.1 Å². The largest absolute Gasteiger partial charge is 0.505 e. The zero-order chi connectivity index (χ0) is 22.1. The molecular formula is C24H23N5O2. The summed E-state index contributed by atoms with van der Waals surface area (Å²) >= 11 is 0. The van der Waals surface area contributed by atoms with Crippen molar-refractivity contribution in [1.29, 1.82) is 0 Å². The van der Waals surface area contributed by atoms with E-state index in [0.717, 1.165) is 16.7 Å². The third-order valence-electron chi connectivity index (χ3n) is 5.24. The Morgan fingerprint density at radius 3 is 2.52 bits per heavy atom. The van der Waals surface area contributed by atoms with Crippen LogP contribution in [0.15, 0.2) is 70.9 Å². The number of nitrogens with one attached hydrogen (secondary N) is 1. The summed E-state index contributed by atoms with van der Waals surface area (Å²) in [5, 5.41) is 20.7. The number of aryl methyl sites for hydroxylation is 2. The molecule has 4 N–H and O–H groups in total. The number of hydrogen-bond acceptors (Lipinski definition) is 6. The number of hydrazone groups is 2. The van der Waals surface area contributed by atoms with Crippen molar-refractivity contribution < 1.29 is 9.90 Å². The van der Waals surface area contributed by atoms with Crippen molar-refractivity contribution in [3.05, 3.63) is 71.8 Å². The van der Waals surface area contributed by atoms with E-state index >= 15 is 0 Å². The van der Waals surface area contributed by atoms with Crippen LogP contribution in [0.1, 0.15) is 18.1 Å². The number of anilines is 3. The summed E-state index contributed by atoms with van der Waals surface area (Å²) in [6.45, 7) is 5.73. The van der Waals surface area contributed by atoms with Crippen LogP contribution < -0.4 is 16.2 Å². The van der Waals surface area contributed by atoms with E-state index < -0.39 is 0 Å². The predicted octanol–water partition coefficient (Wildman–Crippen LogP) is 4.45. The van der Waals surface area contributed by atoms with Gasteiger partial charge >= 0.3 is 5.91 Å². The molecule has 0 saturated carbocycles. The molecule has 31 heavy (non-hydrogen) atoms. The van der Waals surface area contributed by atoms with Crippen LogP contribution in [0.3, 0.4) is 0 Å². The molecule has 1 aliphatic rings. The van der Waals surface area contributed by atoms with Gasteiger partial charge in [-0.05, 0) is 67.8 Å². The summed E-state index contributed by atoms with van der Waals surface area (Å²) in [6.07, 6.45) is 0. The fourth-order valence-electron chi connectivity index (χ4n) is 3.35. The first-order valence-electron chi connectivity index (χ1n) is 9.84. The molecule has 0 saturated heterocycles. The highest BCUT2D eigenvalue weighted by Gasteiger charge is 2.31. The van der Waals surface area contributed by atoms with Crippen molar-refractivity contribution in [3.8, 4) is 16.9 Å². The van der Waals surface area contributed by atoms with E-state index in [1.165, 1.54) is 5.01 Å². The Kier molecular flexibility index (Phi) is 5.17. The number of phenolic OH excluding ortho intramolecular Hbond substituents is 1. The van der Waals surface area contributed by atoms with Crippen LogP contribution in [0.5, 0.6) is 5.75 Å². The van der Waals surface area contributed by atoms with Gasteiger partial charge in [0.1, 0.15) is 5.75 Å². The first kappa shape index (κ1) is 20.2. The summed E-state index contributed by atoms with van der Waals surface area (Å²) in [7, 11) is 0. The molecule has 156 valence electrons. The van der Waals surface area contributed by atoms with Gasteiger partial charge in [-0.15, -0.1) is 0 Å². The second-order valence-corrected chi connectivity index (χ2v) is 7.47. The number of aromatic hydroxyl groups is 1. The monoisotopic (exact) mass is 413 g/mol. The molecule has 0 radical (unpaired) electrons. The maximum atomic E-state index is 12.9. The summed E-state index contributed by atoms with van der Waals surface area (Å²) in [5.41, 5.74) is 14.6. The van der Waals surface area contributed by atoms with E-state index in [-0.39, 0.29) is 17.4 Å². The zero-order valence-electron chi connectivity index (χ0n) is 17.5. The molecule has 1 aliphatic heterocycles. The van der Waals surface area contributed by atoms with Crippen LogP contribution in [0, 0.1) is 13.8 Å². The number of nitrogens with two attached hydrogens (primary N) is 1. The van der Waals surface area contributed by atoms with E-state index in [9.17, 15) is 9.90 Å². The number of hydrogen-bond donors (Lipinski definition) is 3. The van der Waals surface area contributed by atoms with Gasteiger partial charge in [0.2, 0.25) is 0 Å². The molecule has 3 aromatic rings. The van der Waals surface area contributed by atoms with Crippen molar-refractivity contribution in [2.45, 2.75) is 20.8 Å². The molecular weight excluding hydrogens is 390 g/mol. The van der Waals surface area contributed by atoms with Crippen molar-refractivity contribution in [3.63, 3.8) is 0 Å². The minimum Gasteiger partial charge on any atom is -0.505 e. The lowest BCUT2D eigenvalue weighted by atomic mass is 10.0. The number of phenols is 1. The minimum absolute atomic E-state index is 0.0171. The normalized spacial score (nSPS) is 14.8. The maximum absolute atomic E-state index is 12.9. The second-order valence-electron chi connectivity index (χ2n) is 7.47. The molecule has 1 amide bonds. The fourth-order valence-corrected chi connectivity index (χ4v) is 3.35. The van der Waals surface area contributed by atoms with E-state index in [2.05, 4.69) is 15.6 Å². The predicted molar refractivity (Wildman–Crippen MR) is 126 cm³/mol. The molecule has 0 spiro atoms. The van der Waals surface area contributed by atoms with Crippen LogP contribution in [0.2, 0.25) is 0 Å². The van der Waals surface area contributed by atoms with Gasteiger partial charge in [0, 0.05) is 11.3 Å². The number of benzene rings is 3. The molecule has 7 heteroatoms. The molecule has 3 aromatic carbocycles. The lowest BCUT2D eigenvalue weighted by Crippen LogP contribution is -2.28. The molecule has 0 fully saturated rings. The molecule has 0 bridgehead atoms. The van der Waals surface area contributed by atoms with Gasteiger partial charge in [0.05, 0.1) is 17.1 Å². The van der Waals surface area contributed by atoms with E-state index in [4.69, 9.17) is 5.73 Å². The maximum Gasteiger partial charge on any atom is 0.301 e. The Hall–Kier alpha value is -4.13. The van der Waals surface area contributed by atoms with E-state index in [0.29, 0.717) is 28.3 Å². The first-order chi connectivity index (χ1) is 14.8. The molecule has 7 nitrogen and oxygen atoms in total. The Labute approximate surface area is 180 Å². The number of carbonyl (C=O) groups excluding carboxylic acids is 1. The summed E-state index contributed by atoms with van der Waals surface area (Å²) in [6, 6.07) is 18.2. The number of nitrogens with zero attached hydrogens (tertiary/aromatic N) is 3. The minimum atomic E-state index is -0.334. The highest BCUT2D eigenvalue weighted by Crippen LogP contribution is 2.36. The fraction of sp³-hybridized carbons (Fsp3) is 0.125. The van der Waals surface area contributed by atoms with Crippen molar-refractivity contribution in [1.82, 2.24) is 0 Å².